The van der Waals surface area contributed by atoms with E-state index in [0.717, 1.165) is 10.6 Å². The van der Waals surface area contributed by atoms with Crippen LogP contribution in [0.1, 0.15) is 26.2 Å². The molecular weight excluding hydrogens is 259 g/mol. The Labute approximate surface area is 110 Å². The van der Waals surface area contributed by atoms with Gasteiger partial charge in [-0.25, -0.2) is 0 Å². The van der Waals surface area contributed by atoms with Crippen molar-refractivity contribution in [2.75, 3.05) is 11.6 Å². The van der Waals surface area contributed by atoms with E-state index in [2.05, 4.69) is 5.32 Å². The molecule has 0 saturated carbocycles. The highest BCUT2D eigenvalue weighted by atomic mass is 32.2. The van der Waals surface area contributed by atoms with Crippen molar-refractivity contribution in [3.8, 4) is 0 Å². The van der Waals surface area contributed by atoms with Crippen molar-refractivity contribution in [2.24, 2.45) is 0 Å². The van der Waals surface area contributed by atoms with Crippen molar-refractivity contribution in [3.63, 3.8) is 0 Å². The monoisotopic (exact) mass is 277 g/mol. The Morgan fingerprint density at radius 2 is 1.94 bits per heavy atom. The summed E-state index contributed by atoms with van der Waals surface area (Å²) in [7, 11) is 0. The molecule has 0 heterocycles. The lowest BCUT2D eigenvalue weighted by Gasteiger charge is -2.17. The maximum Gasteiger partial charge on any atom is 0.389 e. The number of anilines is 1. The van der Waals surface area contributed by atoms with E-state index in [1.165, 1.54) is 0 Å². The Hall–Kier alpha value is -0.840. The summed E-state index contributed by atoms with van der Waals surface area (Å²) >= 11 is 1.62. The molecule has 0 bridgehead atoms. The van der Waals surface area contributed by atoms with Gasteiger partial charge in [-0.3, -0.25) is 0 Å². The van der Waals surface area contributed by atoms with Crippen molar-refractivity contribution in [3.05, 3.63) is 24.3 Å². The van der Waals surface area contributed by atoms with Crippen LogP contribution in [-0.4, -0.2) is 18.5 Å². The minimum atomic E-state index is -4.04. The van der Waals surface area contributed by atoms with Gasteiger partial charge >= 0.3 is 6.18 Å². The molecule has 0 aliphatic carbocycles. The van der Waals surface area contributed by atoms with Crippen molar-refractivity contribution < 1.29 is 13.2 Å². The maximum atomic E-state index is 12.0. The van der Waals surface area contributed by atoms with E-state index >= 15 is 0 Å². The molecule has 0 aromatic heterocycles. The van der Waals surface area contributed by atoms with Gasteiger partial charge in [0.1, 0.15) is 0 Å². The number of hydrogen-bond donors (Lipinski definition) is 1. The summed E-state index contributed by atoms with van der Waals surface area (Å²) in [5, 5.41) is 3.26. The normalized spacial score (nSPS) is 13.4. The Morgan fingerprint density at radius 1 is 1.28 bits per heavy atom. The van der Waals surface area contributed by atoms with Crippen LogP contribution < -0.4 is 5.32 Å². The number of halogens is 3. The lowest BCUT2D eigenvalue weighted by Crippen LogP contribution is -2.17. The summed E-state index contributed by atoms with van der Waals surface area (Å²) in [5.41, 5.74) is 0.990. The highest BCUT2D eigenvalue weighted by Gasteiger charge is 2.26. The van der Waals surface area contributed by atoms with Gasteiger partial charge in [0.25, 0.3) is 0 Å². The number of para-hydroxylation sites is 1. The fraction of sp³-hybridized carbons (Fsp3) is 0.538. The predicted molar refractivity (Wildman–Crippen MR) is 71.2 cm³/mol. The number of rotatable bonds is 6. The first kappa shape index (κ1) is 15.2. The third-order valence-electron chi connectivity index (χ3n) is 2.61. The first-order valence-corrected chi connectivity index (χ1v) is 7.11. The summed E-state index contributed by atoms with van der Waals surface area (Å²) in [5.74, 6) is 0. The van der Waals surface area contributed by atoms with Crippen molar-refractivity contribution in [2.45, 2.75) is 43.3 Å². The summed E-state index contributed by atoms with van der Waals surface area (Å²) in [6.07, 6.45) is -2.09. The standard InChI is InChI=1S/C13H18F3NS/c1-10(6-5-9-13(14,15)16)17-11-7-3-4-8-12(11)18-2/h3-4,7-8,10,17H,5-6,9H2,1-2H3. The zero-order valence-corrected chi connectivity index (χ0v) is 11.4. The van der Waals surface area contributed by atoms with Crippen LogP contribution in [-0.2, 0) is 0 Å². The molecule has 1 N–H and O–H groups in total. The van der Waals surface area contributed by atoms with E-state index in [1.54, 1.807) is 11.8 Å². The van der Waals surface area contributed by atoms with Crippen molar-refractivity contribution >= 4 is 17.4 Å². The molecular formula is C13H18F3NS. The second-order valence-electron chi connectivity index (χ2n) is 4.25. The third-order valence-corrected chi connectivity index (χ3v) is 3.40. The number of hydrogen-bond acceptors (Lipinski definition) is 2. The van der Waals surface area contributed by atoms with E-state index in [4.69, 9.17) is 0 Å². The summed E-state index contributed by atoms with van der Waals surface area (Å²) in [4.78, 5) is 1.11. The third kappa shape index (κ3) is 5.67. The van der Waals surface area contributed by atoms with Gasteiger partial charge in [0.2, 0.25) is 0 Å². The molecule has 1 aromatic rings. The molecule has 0 amide bonds. The number of thioether (sulfide) groups is 1. The van der Waals surface area contributed by atoms with Crippen LogP contribution in [0.3, 0.4) is 0 Å². The lowest BCUT2D eigenvalue weighted by atomic mass is 10.1. The zero-order valence-electron chi connectivity index (χ0n) is 10.6. The molecule has 1 aromatic carbocycles. The summed E-state index contributed by atoms with van der Waals surface area (Å²) in [6.45, 7) is 1.91. The van der Waals surface area contributed by atoms with Crippen LogP contribution in [0.15, 0.2) is 29.2 Å². The van der Waals surface area contributed by atoms with E-state index < -0.39 is 12.6 Å². The number of nitrogens with one attached hydrogen (secondary N) is 1. The van der Waals surface area contributed by atoms with Gasteiger partial charge in [0, 0.05) is 23.0 Å². The Bertz CT molecular complexity index is 365. The zero-order chi connectivity index (χ0) is 13.6. The Balaban J connectivity index is 2.42. The lowest BCUT2D eigenvalue weighted by molar-refractivity contribution is -0.135. The van der Waals surface area contributed by atoms with Gasteiger partial charge in [-0.2, -0.15) is 13.2 Å². The minimum Gasteiger partial charge on any atom is -0.382 e. The van der Waals surface area contributed by atoms with Gasteiger partial charge < -0.3 is 5.32 Å². The molecule has 0 aliphatic rings. The predicted octanol–water partition coefficient (Wildman–Crippen LogP) is 4.94. The van der Waals surface area contributed by atoms with Crippen LogP contribution >= 0.6 is 11.8 Å². The molecule has 1 rings (SSSR count). The summed E-state index contributed by atoms with van der Waals surface area (Å²) in [6, 6.07) is 7.86. The van der Waals surface area contributed by atoms with Gasteiger partial charge in [-0.1, -0.05) is 12.1 Å². The van der Waals surface area contributed by atoms with Crippen molar-refractivity contribution in [1.29, 1.82) is 0 Å². The van der Waals surface area contributed by atoms with E-state index in [1.807, 2.05) is 37.4 Å². The molecule has 0 saturated heterocycles. The molecule has 18 heavy (non-hydrogen) atoms. The first-order chi connectivity index (χ1) is 8.42. The average Bonchev–Trinajstić information content (AvgIpc) is 2.28. The molecule has 1 nitrogen and oxygen atoms in total. The van der Waals surface area contributed by atoms with Crippen LogP contribution in [0.25, 0.3) is 0 Å². The highest BCUT2D eigenvalue weighted by Crippen LogP contribution is 2.27. The topological polar surface area (TPSA) is 12.0 Å². The molecule has 0 radical (unpaired) electrons. The summed E-state index contributed by atoms with van der Waals surface area (Å²) < 4.78 is 36.1. The number of alkyl halides is 3. The SMILES string of the molecule is CSc1ccccc1NC(C)CCCC(F)(F)F. The molecule has 5 heteroatoms. The van der Waals surface area contributed by atoms with Gasteiger partial charge in [0.15, 0.2) is 0 Å². The van der Waals surface area contributed by atoms with E-state index in [-0.39, 0.29) is 12.5 Å². The first-order valence-electron chi connectivity index (χ1n) is 5.88. The molecule has 0 spiro atoms. The fourth-order valence-electron chi connectivity index (χ4n) is 1.71. The van der Waals surface area contributed by atoms with Crippen LogP contribution in [0.4, 0.5) is 18.9 Å². The quantitative estimate of drug-likeness (QED) is 0.739. The molecule has 0 fully saturated rings. The average molecular weight is 277 g/mol. The number of benzene rings is 1. The Morgan fingerprint density at radius 3 is 2.56 bits per heavy atom. The highest BCUT2D eigenvalue weighted by molar-refractivity contribution is 7.98. The Kier molecular flexibility index (Phi) is 5.85. The maximum absolute atomic E-state index is 12.0. The van der Waals surface area contributed by atoms with Crippen LogP contribution in [0.5, 0.6) is 0 Å². The second-order valence-corrected chi connectivity index (χ2v) is 5.10. The molecule has 1 atom stereocenters. The van der Waals surface area contributed by atoms with Crippen LogP contribution in [0.2, 0.25) is 0 Å². The largest absolute Gasteiger partial charge is 0.389 e. The molecule has 102 valence electrons. The van der Waals surface area contributed by atoms with E-state index in [9.17, 15) is 13.2 Å². The fourth-order valence-corrected chi connectivity index (χ4v) is 2.27. The van der Waals surface area contributed by atoms with Gasteiger partial charge in [-0.05, 0) is 38.2 Å². The van der Waals surface area contributed by atoms with Gasteiger partial charge in [-0.15, -0.1) is 11.8 Å². The molecule has 0 aliphatic heterocycles. The second kappa shape index (κ2) is 6.92. The van der Waals surface area contributed by atoms with Crippen LogP contribution in [0, 0.1) is 0 Å². The van der Waals surface area contributed by atoms with Crippen molar-refractivity contribution in [1.82, 2.24) is 0 Å². The molecule has 1 unspecified atom stereocenters. The minimum absolute atomic E-state index is 0.0423. The van der Waals surface area contributed by atoms with E-state index in [0.29, 0.717) is 6.42 Å². The smallest absolute Gasteiger partial charge is 0.382 e. The van der Waals surface area contributed by atoms with Gasteiger partial charge in [0.05, 0.1) is 0 Å².